The second-order valence-corrected chi connectivity index (χ2v) is 6.07. The summed E-state index contributed by atoms with van der Waals surface area (Å²) >= 11 is 0. The first-order chi connectivity index (χ1) is 11.5. The highest BCUT2D eigenvalue weighted by Gasteiger charge is 2.22. The van der Waals surface area contributed by atoms with E-state index in [0.717, 1.165) is 34.7 Å². The van der Waals surface area contributed by atoms with Crippen LogP contribution in [0, 0.1) is 6.92 Å². The quantitative estimate of drug-likeness (QED) is 0.915. The third kappa shape index (κ3) is 3.09. The Labute approximate surface area is 141 Å². The monoisotopic (exact) mass is 329 g/mol. The number of nitrogens with zero attached hydrogens (tertiary/aromatic N) is 2. The summed E-state index contributed by atoms with van der Waals surface area (Å²) < 4.78 is 13.0. The Morgan fingerprint density at radius 2 is 2.25 bits per heavy atom. The van der Waals surface area contributed by atoms with E-state index in [1.165, 1.54) is 0 Å². The second kappa shape index (κ2) is 6.55. The van der Waals surface area contributed by atoms with E-state index in [1.54, 1.807) is 17.9 Å². The molecule has 1 N–H and O–H groups in total. The zero-order valence-electron chi connectivity index (χ0n) is 14.5. The largest absolute Gasteiger partial charge is 0.496 e. The molecule has 0 spiro atoms. The fourth-order valence-corrected chi connectivity index (χ4v) is 3.05. The number of ether oxygens (including phenoxy) is 2. The molecular weight excluding hydrogens is 306 g/mol. The van der Waals surface area contributed by atoms with Gasteiger partial charge in [0, 0.05) is 30.6 Å². The van der Waals surface area contributed by atoms with Gasteiger partial charge in [-0.15, -0.1) is 0 Å². The van der Waals surface area contributed by atoms with Crippen LogP contribution in [0.5, 0.6) is 11.5 Å². The van der Waals surface area contributed by atoms with E-state index in [9.17, 15) is 4.79 Å². The standard InChI is InChI=1S/C18H23N3O3/c1-5-21-15(6-11(2)20-21)18(22)19-10-14-9-17-13(7-12(3)24-17)8-16(14)23-4/h6,8-9,12H,5,7,10H2,1-4H3,(H,19,22)/t12-/m1/s1. The van der Waals surface area contributed by atoms with Crippen LogP contribution in [0.25, 0.3) is 0 Å². The zero-order valence-corrected chi connectivity index (χ0v) is 14.5. The third-order valence-corrected chi connectivity index (χ3v) is 4.17. The summed E-state index contributed by atoms with van der Waals surface area (Å²) in [5, 5.41) is 7.25. The van der Waals surface area contributed by atoms with Gasteiger partial charge >= 0.3 is 0 Å². The van der Waals surface area contributed by atoms with Gasteiger partial charge in [0.1, 0.15) is 23.3 Å². The number of rotatable bonds is 5. The summed E-state index contributed by atoms with van der Waals surface area (Å²) in [5.74, 6) is 1.50. The van der Waals surface area contributed by atoms with E-state index >= 15 is 0 Å². The maximum atomic E-state index is 12.5. The molecule has 1 aromatic heterocycles. The van der Waals surface area contributed by atoms with Gasteiger partial charge in [-0.3, -0.25) is 9.48 Å². The molecule has 6 nitrogen and oxygen atoms in total. The van der Waals surface area contributed by atoms with Crippen LogP contribution in [-0.2, 0) is 19.5 Å². The van der Waals surface area contributed by atoms with Crippen molar-refractivity contribution < 1.29 is 14.3 Å². The fourth-order valence-electron chi connectivity index (χ4n) is 3.05. The summed E-state index contributed by atoms with van der Waals surface area (Å²) in [5.41, 5.74) is 3.45. The van der Waals surface area contributed by atoms with E-state index in [1.807, 2.05) is 32.9 Å². The molecule has 24 heavy (non-hydrogen) atoms. The average Bonchev–Trinajstić information content (AvgIpc) is 3.12. The van der Waals surface area contributed by atoms with Crippen LogP contribution in [0.15, 0.2) is 18.2 Å². The van der Waals surface area contributed by atoms with Crippen molar-refractivity contribution in [3.8, 4) is 11.5 Å². The second-order valence-electron chi connectivity index (χ2n) is 6.07. The SMILES string of the molecule is CCn1nc(C)cc1C(=O)NCc1cc2c(cc1OC)C[C@@H](C)O2. The number of fused-ring (bicyclic) bond motifs is 1. The molecule has 1 aliphatic rings. The molecule has 0 saturated heterocycles. The fraction of sp³-hybridized carbons (Fsp3) is 0.444. The van der Waals surface area contributed by atoms with Crippen molar-refractivity contribution in [3.63, 3.8) is 0 Å². The molecule has 3 rings (SSSR count). The molecule has 2 aromatic rings. The minimum Gasteiger partial charge on any atom is -0.496 e. The van der Waals surface area contributed by atoms with Gasteiger partial charge in [0.25, 0.3) is 5.91 Å². The maximum absolute atomic E-state index is 12.5. The smallest absolute Gasteiger partial charge is 0.269 e. The molecule has 0 unspecified atom stereocenters. The first kappa shape index (κ1) is 16.4. The summed E-state index contributed by atoms with van der Waals surface area (Å²) in [6.07, 6.45) is 1.06. The normalized spacial score (nSPS) is 15.8. The minimum absolute atomic E-state index is 0.144. The van der Waals surface area contributed by atoms with Crippen molar-refractivity contribution in [2.45, 2.75) is 46.4 Å². The van der Waals surface area contributed by atoms with E-state index in [-0.39, 0.29) is 12.0 Å². The van der Waals surface area contributed by atoms with Gasteiger partial charge in [-0.2, -0.15) is 5.10 Å². The van der Waals surface area contributed by atoms with Crippen LogP contribution in [-0.4, -0.2) is 28.9 Å². The number of carbonyl (C=O) groups excluding carboxylic acids is 1. The Bertz CT molecular complexity index is 767. The molecule has 1 aromatic carbocycles. The summed E-state index contributed by atoms with van der Waals surface area (Å²) in [7, 11) is 1.64. The van der Waals surface area contributed by atoms with Gasteiger partial charge in [0.05, 0.1) is 12.8 Å². The van der Waals surface area contributed by atoms with Crippen molar-refractivity contribution in [2.75, 3.05) is 7.11 Å². The van der Waals surface area contributed by atoms with E-state index in [2.05, 4.69) is 10.4 Å². The zero-order chi connectivity index (χ0) is 17.3. The van der Waals surface area contributed by atoms with Gasteiger partial charge in [-0.1, -0.05) is 0 Å². The number of hydrogen-bond acceptors (Lipinski definition) is 4. The lowest BCUT2D eigenvalue weighted by molar-refractivity contribution is 0.0940. The minimum atomic E-state index is -0.144. The van der Waals surface area contributed by atoms with Crippen molar-refractivity contribution in [2.24, 2.45) is 0 Å². The first-order valence-corrected chi connectivity index (χ1v) is 8.21. The maximum Gasteiger partial charge on any atom is 0.269 e. The number of aryl methyl sites for hydroxylation is 2. The van der Waals surface area contributed by atoms with Crippen LogP contribution in [0.3, 0.4) is 0 Å². The van der Waals surface area contributed by atoms with Crippen LogP contribution >= 0.6 is 0 Å². The molecule has 1 atom stereocenters. The topological polar surface area (TPSA) is 65.4 Å². The van der Waals surface area contributed by atoms with Crippen LogP contribution in [0.4, 0.5) is 0 Å². The molecule has 0 bridgehead atoms. The molecule has 0 saturated carbocycles. The Hall–Kier alpha value is -2.50. The van der Waals surface area contributed by atoms with Crippen molar-refractivity contribution in [1.82, 2.24) is 15.1 Å². The predicted molar refractivity (Wildman–Crippen MR) is 90.6 cm³/mol. The van der Waals surface area contributed by atoms with Crippen molar-refractivity contribution >= 4 is 5.91 Å². The summed E-state index contributed by atoms with van der Waals surface area (Å²) in [4.78, 5) is 12.5. The number of benzene rings is 1. The van der Waals surface area contributed by atoms with Gasteiger partial charge in [0.2, 0.25) is 0 Å². The average molecular weight is 329 g/mol. The lowest BCUT2D eigenvalue weighted by Gasteiger charge is -2.12. The molecular formula is C18H23N3O3. The number of nitrogens with one attached hydrogen (secondary N) is 1. The van der Waals surface area contributed by atoms with Gasteiger partial charge in [-0.25, -0.2) is 0 Å². The predicted octanol–water partition coefficient (Wildman–Crippen LogP) is 2.47. The number of hydrogen-bond donors (Lipinski definition) is 1. The van der Waals surface area contributed by atoms with Gasteiger partial charge in [-0.05, 0) is 39.0 Å². The Balaban J connectivity index is 1.77. The Morgan fingerprint density at radius 1 is 1.46 bits per heavy atom. The van der Waals surface area contributed by atoms with Crippen LogP contribution < -0.4 is 14.8 Å². The molecule has 128 valence electrons. The number of methoxy groups -OCH3 is 1. The molecule has 6 heteroatoms. The summed E-state index contributed by atoms with van der Waals surface area (Å²) in [6.45, 7) is 6.92. The Morgan fingerprint density at radius 3 is 2.96 bits per heavy atom. The number of amides is 1. The third-order valence-electron chi connectivity index (χ3n) is 4.17. The van der Waals surface area contributed by atoms with Crippen LogP contribution in [0.1, 0.15) is 41.2 Å². The van der Waals surface area contributed by atoms with E-state index in [4.69, 9.17) is 9.47 Å². The highest BCUT2D eigenvalue weighted by molar-refractivity contribution is 5.92. The van der Waals surface area contributed by atoms with E-state index < -0.39 is 0 Å². The number of aromatic nitrogens is 2. The van der Waals surface area contributed by atoms with E-state index in [0.29, 0.717) is 18.8 Å². The summed E-state index contributed by atoms with van der Waals surface area (Å²) in [6, 6.07) is 5.75. The molecule has 0 aliphatic carbocycles. The lowest BCUT2D eigenvalue weighted by atomic mass is 10.1. The van der Waals surface area contributed by atoms with Crippen molar-refractivity contribution in [1.29, 1.82) is 0 Å². The molecule has 0 radical (unpaired) electrons. The highest BCUT2D eigenvalue weighted by Crippen LogP contribution is 2.34. The first-order valence-electron chi connectivity index (χ1n) is 8.21. The van der Waals surface area contributed by atoms with Gasteiger partial charge in [0.15, 0.2) is 0 Å². The van der Waals surface area contributed by atoms with Crippen LogP contribution in [0.2, 0.25) is 0 Å². The molecule has 0 fully saturated rings. The van der Waals surface area contributed by atoms with Gasteiger partial charge < -0.3 is 14.8 Å². The van der Waals surface area contributed by atoms with Crippen molar-refractivity contribution in [3.05, 3.63) is 40.7 Å². The molecule has 1 aliphatic heterocycles. The molecule has 1 amide bonds. The highest BCUT2D eigenvalue weighted by atomic mass is 16.5. The lowest BCUT2D eigenvalue weighted by Crippen LogP contribution is -2.25. The number of carbonyl (C=O) groups is 1. The molecule has 2 heterocycles. The Kier molecular flexibility index (Phi) is 4.46.